The van der Waals surface area contributed by atoms with Crippen LogP contribution in [0, 0.1) is 23.3 Å². The second-order valence-corrected chi connectivity index (χ2v) is 4.06. The van der Waals surface area contributed by atoms with Crippen LogP contribution in [0.25, 0.3) is 0 Å². The third-order valence-electron chi connectivity index (χ3n) is 2.65. The topological polar surface area (TPSA) is 47.9 Å². The van der Waals surface area contributed by atoms with E-state index in [1.807, 2.05) is 0 Å². The normalized spacial score (nSPS) is 9.70. The number of rotatable bonds is 3. The minimum absolute atomic E-state index is 0.0797. The molecular formula is C15H14F4O4. The molecule has 0 saturated heterocycles. The first-order valence-electron chi connectivity index (χ1n) is 6.13. The Morgan fingerprint density at radius 1 is 0.609 bits per heavy atom. The van der Waals surface area contributed by atoms with Crippen LogP contribution in [0.1, 0.15) is 0 Å². The van der Waals surface area contributed by atoms with E-state index in [4.69, 9.17) is 14.6 Å². The SMILES string of the molecule is COc1cc(F)c(F)cc1O.COc1cc(F)c(F)cc1OC. The fourth-order valence-electron chi connectivity index (χ4n) is 1.51. The first-order chi connectivity index (χ1) is 10.8. The number of methoxy groups -OCH3 is 3. The van der Waals surface area contributed by atoms with Crippen LogP contribution in [-0.4, -0.2) is 26.4 Å². The summed E-state index contributed by atoms with van der Waals surface area (Å²) in [6, 6.07) is 3.32. The highest BCUT2D eigenvalue weighted by Gasteiger charge is 2.10. The summed E-state index contributed by atoms with van der Waals surface area (Å²) in [5.74, 6) is -4.17. The number of aromatic hydroxyl groups is 1. The second-order valence-electron chi connectivity index (χ2n) is 4.06. The van der Waals surface area contributed by atoms with Gasteiger partial charge in [-0.25, -0.2) is 17.6 Å². The standard InChI is InChI=1S/C8H8F2O2.C7H6F2O2/c1-11-7-3-5(9)6(10)4-8(7)12-2;1-11-7-3-5(9)4(8)2-6(7)10/h3-4H,1-2H3;2-3,10H,1H3. The van der Waals surface area contributed by atoms with Crippen molar-refractivity contribution >= 4 is 0 Å². The molecule has 0 aromatic heterocycles. The monoisotopic (exact) mass is 334 g/mol. The van der Waals surface area contributed by atoms with Crippen molar-refractivity contribution in [2.24, 2.45) is 0 Å². The van der Waals surface area contributed by atoms with Gasteiger partial charge >= 0.3 is 0 Å². The number of halogens is 4. The van der Waals surface area contributed by atoms with E-state index in [0.717, 1.165) is 18.2 Å². The zero-order valence-electron chi connectivity index (χ0n) is 12.5. The molecule has 2 rings (SSSR count). The summed E-state index contributed by atoms with van der Waals surface area (Å²) in [5.41, 5.74) is 0. The van der Waals surface area contributed by atoms with E-state index in [-0.39, 0.29) is 17.2 Å². The van der Waals surface area contributed by atoms with Gasteiger partial charge in [0.1, 0.15) is 0 Å². The Kier molecular flexibility index (Phi) is 6.49. The highest BCUT2D eigenvalue weighted by Crippen LogP contribution is 2.29. The average molecular weight is 334 g/mol. The molecule has 2 aromatic rings. The molecule has 0 bridgehead atoms. The summed E-state index contributed by atoms with van der Waals surface area (Å²) in [6.07, 6.45) is 0. The van der Waals surface area contributed by atoms with Crippen molar-refractivity contribution in [2.45, 2.75) is 0 Å². The van der Waals surface area contributed by atoms with Crippen molar-refractivity contribution in [3.8, 4) is 23.0 Å². The summed E-state index contributed by atoms with van der Waals surface area (Å²) in [5, 5.41) is 8.88. The molecule has 0 amide bonds. The lowest BCUT2D eigenvalue weighted by atomic mass is 10.3. The molecule has 0 aliphatic heterocycles. The summed E-state index contributed by atoms with van der Waals surface area (Å²) >= 11 is 0. The molecule has 0 aliphatic carbocycles. The van der Waals surface area contributed by atoms with Crippen LogP contribution in [0.4, 0.5) is 17.6 Å². The van der Waals surface area contributed by atoms with E-state index in [2.05, 4.69) is 4.74 Å². The molecule has 1 N–H and O–H groups in total. The van der Waals surface area contributed by atoms with Gasteiger partial charge in [-0.1, -0.05) is 0 Å². The molecular weight excluding hydrogens is 320 g/mol. The van der Waals surface area contributed by atoms with Crippen LogP contribution in [0.5, 0.6) is 23.0 Å². The first-order valence-corrected chi connectivity index (χ1v) is 6.13. The van der Waals surface area contributed by atoms with E-state index in [0.29, 0.717) is 6.07 Å². The first kappa shape index (κ1) is 18.4. The molecule has 23 heavy (non-hydrogen) atoms. The van der Waals surface area contributed by atoms with E-state index < -0.39 is 29.0 Å². The Morgan fingerprint density at radius 3 is 1.26 bits per heavy atom. The largest absolute Gasteiger partial charge is 0.504 e. The number of benzene rings is 2. The van der Waals surface area contributed by atoms with Gasteiger partial charge in [-0.3, -0.25) is 0 Å². The fourth-order valence-corrected chi connectivity index (χ4v) is 1.51. The number of ether oxygens (including phenoxy) is 3. The van der Waals surface area contributed by atoms with Crippen LogP contribution in [0.3, 0.4) is 0 Å². The lowest BCUT2D eigenvalue weighted by molar-refractivity contribution is 0.347. The van der Waals surface area contributed by atoms with E-state index >= 15 is 0 Å². The molecule has 0 spiro atoms. The molecule has 0 fully saturated rings. The summed E-state index contributed by atoms with van der Waals surface area (Å²) in [4.78, 5) is 0. The quantitative estimate of drug-likeness (QED) is 0.870. The van der Waals surface area contributed by atoms with Crippen LogP contribution in [0.15, 0.2) is 24.3 Å². The Labute approximate surface area is 129 Å². The van der Waals surface area contributed by atoms with Gasteiger partial charge in [-0.05, 0) is 0 Å². The van der Waals surface area contributed by atoms with Gasteiger partial charge in [-0.2, -0.15) is 0 Å². The van der Waals surface area contributed by atoms with Gasteiger partial charge in [-0.15, -0.1) is 0 Å². The maximum absolute atomic E-state index is 12.6. The smallest absolute Gasteiger partial charge is 0.163 e. The zero-order valence-corrected chi connectivity index (χ0v) is 12.5. The Morgan fingerprint density at radius 2 is 0.913 bits per heavy atom. The third kappa shape index (κ3) is 4.67. The number of hydrogen-bond donors (Lipinski definition) is 1. The highest BCUT2D eigenvalue weighted by atomic mass is 19.2. The maximum Gasteiger partial charge on any atom is 0.163 e. The van der Waals surface area contributed by atoms with Crippen molar-refractivity contribution < 1.29 is 36.9 Å². The number of phenolic OH excluding ortho intramolecular Hbond substituents is 1. The summed E-state index contributed by atoms with van der Waals surface area (Å²) in [7, 11) is 3.97. The Bertz CT molecular complexity index is 648. The predicted molar refractivity (Wildman–Crippen MR) is 74.0 cm³/mol. The second kappa shape index (κ2) is 8.11. The molecule has 0 saturated carbocycles. The molecule has 8 heteroatoms. The van der Waals surface area contributed by atoms with Crippen LogP contribution >= 0.6 is 0 Å². The Hall–Kier alpha value is -2.64. The van der Waals surface area contributed by atoms with Gasteiger partial charge in [0.2, 0.25) is 0 Å². The maximum atomic E-state index is 12.6. The van der Waals surface area contributed by atoms with E-state index in [9.17, 15) is 17.6 Å². The zero-order chi connectivity index (χ0) is 17.6. The fraction of sp³-hybridized carbons (Fsp3) is 0.200. The van der Waals surface area contributed by atoms with Crippen molar-refractivity contribution in [1.82, 2.24) is 0 Å². The molecule has 0 atom stereocenters. The molecule has 0 unspecified atom stereocenters. The van der Waals surface area contributed by atoms with Crippen LogP contribution in [0.2, 0.25) is 0 Å². The van der Waals surface area contributed by atoms with Crippen LogP contribution < -0.4 is 14.2 Å². The minimum atomic E-state index is -1.09. The van der Waals surface area contributed by atoms with Crippen molar-refractivity contribution in [3.05, 3.63) is 47.5 Å². The van der Waals surface area contributed by atoms with Crippen molar-refractivity contribution in [3.63, 3.8) is 0 Å². The lowest BCUT2D eigenvalue weighted by Crippen LogP contribution is -1.93. The van der Waals surface area contributed by atoms with Crippen molar-refractivity contribution in [2.75, 3.05) is 21.3 Å². The van der Waals surface area contributed by atoms with Gasteiger partial charge in [0.05, 0.1) is 21.3 Å². The predicted octanol–water partition coefficient (Wildman–Crippen LogP) is 3.66. The number of hydrogen-bond acceptors (Lipinski definition) is 4. The highest BCUT2D eigenvalue weighted by molar-refractivity contribution is 5.40. The number of phenols is 1. The summed E-state index contributed by atoms with van der Waals surface area (Å²) < 4.78 is 63.8. The molecule has 0 heterocycles. The van der Waals surface area contributed by atoms with Gasteiger partial charge in [0.15, 0.2) is 46.3 Å². The summed E-state index contributed by atoms with van der Waals surface area (Å²) in [6.45, 7) is 0. The van der Waals surface area contributed by atoms with Gasteiger partial charge < -0.3 is 19.3 Å². The minimum Gasteiger partial charge on any atom is -0.504 e. The molecule has 126 valence electrons. The van der Waals surface area contributed by atoms with E-state index in [1.54, 1.807) is 0 Å². The third-order valence-corrected chi connectivity index (χ3v) is 2.65. The molecule has 0 aliphatic rings. The van der Waals surface area contributed by atoms with Crippen LogP contribution in [-0.2, 0) is 0 Å². The van der Waals surface area contributed by atoms with E-state index in [1.165, 1.54) is 21.3 Å². The van der Waals surface area contributed by atoms with Gasteiger partial charge in [0, 0.05) is 24.3 Å². The average Bonchev–Trinajstić information content (AvgIpc) is 2.53. The van der Waals surface area contributed by atoms with Gasteiger partial charge in [0.25, 0.3) is 0 Å². The lowest BCUT2D eigenvalue weighted by Gasteiger charge is -2.06. The Balaban J connectivity index is 0.000000231. The molecule has 2 aromatic carbocycles. The molecule has 0 radical (unpaired) electrons. The molecule has 4 nitrogen and oxygen atoms in total. The van der Waals surface area contributed by atoms with Crippen molar-refractivity contribution in [1.29, 1.82) is 0 Å².